The van der Waals surface area contributed by atoms with Crippen molar-refractivity contribution in [1.82, 2.24) is 0 Å². The first-order valence-corrected chi connectivity index (χ1v) is 7.35. The molecule has 1 aromatic carbocycles. The van der Waals surface area contributed by atoms with Gasteiger partial charge in [-0.3, -0.25) is 9.59 Å². The van der Waals surface area contributed by atoms with Gasteiger partial charge in [-0.25, -0.2) is 0 Å². The molecule has 0 saturated heterocycles. The molecule has 0 fully saturated rings. The maximum atomic E-state index is 11.5. The Morgan fingerprint density at radius 1 is 1.43 bits per heavy atom. The normalized spacial score (nSPS) is 17.3. The number of nitrogens with two attached hydrogens (primary N) is 1. The van der Waals surface area contributed by atoms with E-state index in [2.05, 4.69) is 5.32 Å². The van der Waals surface area contributed by atoms with E-state index in [9.17, 15) is 9.59 Å². The predicted molar refractivity (Wildman–Crippen MR) is 81.0 cm³/mol. The van der Waals surface area contributed by atoms with E-state index in [1.807, 2.05) is 25.1 Å². The number of nitrogens with one attached hydrogen (secondary N) is 1. The van der Waals surface area contributed by atoms with Crippen LogP contribution in [-0.4, -0.2) is 17.0 Å². The number of hydrogen-bond donors (Lipinski definition) is 3. The Kier molecular flexibility index (Phi) is 4.96. The van der Waals surface area contributed by atoms with Gasteiger partial charge in [0.05, 0.1) is 0 Å². The van der Waals surface area contributed by atoms with Crippen molar-refractivity contribution in [3.8, 4) is 0 Å². The van der Waals surface area contributed by atoms with E-state index in [1.54, 1.807) is 0 Å². The zero-order valence-corrected chi connectivity index (χ0v) is 12.3. The lowest BCUT2D eigenvalue weighted by molar-refractivity contribution is -0.138. The second-order valence-electron chi connectivity index (χ2n) is 5.86. The number of aryl methyl sites for hydroxylation is 1. The maximum absolute atomic E-state index is 11.5. The van der Waals surface area contributed by atoms with Crippen LogP contribution in [0.5, 0.6) is 0 Å². The Labute approximate surface area is 124 Å². The van der Waals surface area contributed by atoms with Crippen LogP contribution in [0.2, 0.25) is 0 Å². The molecule has 1 heterocycles. The second-order valence-corrected chi connectivity index (χ2v) is 5.86. The van der Waals surface area contributed by atoms with E-state index in [0.717, 1.165) is 29.7 Å². The molecular weight excluding hydrogens is 268 g/mol. The minimum Gasteiger partial charge on any atom is -0.481 e. The Morgan fingerprint density at radius 2 is 2.19 bits per heavy atom. The van der Waals surface area contributed by atoms with Gasteiger partial charge in [0.2, 0.25) is 5.91 Å². The van der Waals surface area contributed by atoms with E-state index < -0.39 is 5.97 Å². The fraction of sp³-hybridized carbons (Fsp3) is 0.500. The van der Waals surface area contributed by atoms with Crippen molar-refractivity contribution in [1.29, 1.82) is 0 Å². The largest absolute Gasteiger partial charge is 0.481 e. The Bertz CT molecular complexity index is 542. The third-order valence-corrected chi connectivity index (χ3v) is 3.86. The van der Waals surface area contributed by atoms with Crippen LogP contribution < -0.4 is 11.1 Å². The number of benzene rings is 1. The average molecular weight is 290 g/mol. The topological polar surface area (TPSA) is 92.4 Å². The quantitative estimate of drug-likeness (QED) is 0.776. The number of carbonyl (C=O) groups excluding carboxylic acids is 1. The van der Waals surface area contributed by atoms with Crippen LogP contribution in [0.25, 0.3) is 0 Å². The third kappa shape index (κ3) is 4.29. The number of carboxylic acid groups (broad SMARTS) is 1. The standard InChI is InChI=1S/C16H22N2O3/c1-10(8-16(20)21)7-13(17)11-5-6-14-12(9-11)3-2-4-15(19)18-14/h5-6,9-10,13H,2-4,7-8,17H2,1H3,(H,18,19)(H,20,21). The van der Waals surface area contributed by atoms with Crippen LogP contribution in [0.15, 0.2) is 18.2 Å². The number of carbonyl (C=O) groups is 2. The minimum absolute atomic E-state index is 0.0380. The fourth-order valence-electron chi connectivity index (χ4n) is 2.78. The number of aliphatic carboxylic acids is 1. The number of amides is 1. The molecule has 2 rings (SSSR count). The van der Waals surface area contributed by atoms with Gasteiger partial charge in [-0.1, -0.05) is 19.1 Å². The van der Waals surface area contributed by atoms with E-state index in [1.165, 1.54) is 0 Å². The molecule has 1 aliphatic heterocycles. The molecule has 1 aromatic rings. The first-order valence-electron chi connectivity index (χ1n) is 7.35. The van der Waals surface area contributed by atoms with Crippen LogP contribution in [0.4, 0.5) is 5.69 Å². The predicted octanol–water partition coefficient (Wildman–Crippen LogP) is 2.46. The Hall–Kier alpha value is -1.88. The highest BCUT2D eigenvalue weighted by Gasteiger charge is 2.17. The molecular formula is C16H22N2O3. The second kappa shape index (κ2) is 6.72. The van der Waals surface area contributed by atoms with Gasteiger partial charge < -0.3 is 16.2 Å². The summed E-state index contributed by atoms with van der Waals surface area (Å²) in [5.74, 6) is -0.698. The van der Waals surface area contributed by atoms with Crippen LogP contribution in [0, 0.1) is 5.92 Å². The third-order valence-electron chi connectivity index (χ3n) is 3.86. The van der Waals surface area contributed by atoms with Crippen LogP contribution in [0.1, 0.15) is 49.8 Å². The average Bonchev–Trinajstić information content (AvgIpc) is 2.57. The highest BCUT2D eigenvalue weighted by atomic mass is 16.4. The van der Waals surface area contributed by atoms with Crippen molar-refractivity contribution in [2.45, 2.75) is 45.1 Å². The minimum atomic E-state index is -0.792. The lowest BCUT2D eigenvalue weighted by atomic mass is 9.92. The molecule has 2 unspecified atom stereocenters. The lowest BCUT2D eigenvalue weighted by Gasteiger charge is -2.18. The summed E-state index contributed by atoms with van der Waals surface area (Å²) >= 11 is 0. The van der Waals surface area contributed by atoms with Crippen LogP contribution >= 0.6 is 0 Å². The van der Waals surface area contributed by atoms with E-state index in [4.69, 9.17) is 10.8 Å². The number of rotatable bonds is 5. The van der Waals surface area contributed by atoms with Crippen molar-refractivity contribution in [2.24, 2.45) is 11.7 Å². The number of anilines is 1. The molecule has 21 heavy (non-hydrogen) atoms. The first-order chi connectivity index (χ1) is 9.95. The molecule has 114 valence electrons. The van der Waals surface area contributed by atoms with Gasteiger partial charge in [0.15, 0.2) is 0 Å². The van der Waals surface area contributed by atoms with Gasteiger partial charge in [-0.15, -0.1) is 0 Å². The number of fused-ring (bicyclic) bond motifs is 1. The summed E-state index contributed by atoms with van der Waals surface area (Å²) in [6, 6.07) is 5.68. The van der Waals surface area contributed by atoms with Gasteiger partial charge in [-0.2, -0.15) is 0 Å². The molecule has 1 aliphatic rings. The molecule has 1 amide bonds. The first kappa shape index (κ1) is 15.5. The van der Waals surface area contributed by atoms with Gasteiger partial charge in [0.1, 0.15) is 0 Å². The van der Waals surface area contributed by atoms with Crippen molar-refractivity contribution in [3.05, 3.63) is 29.3 Å². The van der Waals surface area contributed by atoms with Gasteiger partial charge in [0.25, 0.3) is 0 Å². The summed E-state index contributed by atoms with van der Waals surface area (Å²) in [5.41, 5.74) is 9.17. The molecule has 0 radical (unpaired) electrons. The zero-order chi connectivity index (χ0) is 15.4. The van der Waals surface area contributed by atoms with Gasteiger partial charge in [-0.05, 0) is 42.4 Å². The van der Waals surface area contributed by atoms with Crippen molar-refractivity contribution >= 4 is 17.6 Å². The van der Waals surface area contributed by atoms with Crippen molar-refractivity contribution in [2.75, 3.05) is 5.32 Å². The molecule has 4 N–H and O–H groups in total. The van der Waals surface area contributed by atoms with Crippen LogP contribution in [0.3, 0.4) is 0 Å². The number of carboxylic acids is 1. The smallest absolute Gasteiger partial charge is 0.303 e. The summed E-state index contributed by atoms with van der Waals surface area (Å²) < 4.78 is 0. The molecule has 0 aromatic heterocycles. The highest BCUT2D eigenvalue weighted by molar-refractivity contribution is 5.92. The molecule has 0 spiro atoms. The molecule has 5 heteroatoms. The maximum Gasteiger partial charge on any atom is 0.303 e. The monoisotopic (exact) mass is 290 g/mol. The highest BCUT2D eigenvalue weighted by Crippen LogP contribution is 2.27. The molecule has 2 atom stereocenters. The summed E-state index contributed by atoms with van der Waals surface area (Å²) in [7, 11) is 0. The summed E-state index contributed by atoms with van der Waals surface area (Å²) in [6.45, 7) is 1.90. The lowest BCUT2D eigenvalue weighted by Crippen LogP contribution is -2.16. The van der Waals surface area contributed by atoms with Crippen LogP contribution in [-0.2, 0) is 16.0 Å². The fourth-order valence-corrected chi connectivity index (χ4v) is 2.78. The molecule has 0 bridgehead atoms. The number of hydrogen-bond acceptors (Lipinski definition) is 3. The van der Waals surface area contributed by atoms with Crippen molar-refractivity contribution < 1.29 is 14.7 Å². The Morgan fingerprint density at radius 3 is 2.90 bits per heavy atom. The van der Waals surface area contributed by atoms with Crippen molar-refractivity contribution in [3.63, 3.8) is 0 Å². The van der Waals surface area contributed by atoms with E-state index in [-0.39, 0.29) is 24.3 Å². The van der Waals surface area contributed by atoms with E-state index >= 15 is 0 Å². The van der Waals surface area contributed by atoms with Gasteiger partial charge >= 0.3 is 5.97 Å². The Balaban J connectivity index is 2.08. The zero-order valence-electron chi connectivity index (χ0n) is 12.3. The molecule has 0 saturated carbocycles. The van der Waals surface area contributed by atoms with Gasteiger partial charge in [0, 0.05) is 24.6 Å². The summed E-state index contributed by atoms with van der Waals surface area (Å²) in [5, 5.41) is 11.7. The summed E-state index contributed by atoms with van der Waals surface area (Å²) in [4.78, 5) is 22.2. The molecule has 0 aliphatic carbocycles. The van der Waals surface area contributed by atoms with E-state index in [0.29, 0.717) is 12.8 Å². The summed E-state index contributed by atoms with van der Waals surface area (Å²) in [6.07, 6.45) is 3.02. The SMILES string of the molecule is CC(CC(=O)O)CC(N)c1ccc2c(c1)CCCC(=O)N2. The molecule has 5 nitrogen and oxygen atoms in total.